The number of rotatable bonds is 4. The van der Waals surface area contributed by atoms with Crippen LogP contribution in [0, 0.1) is 11.3 Å². The normalized spacial score (nSPS) is 10.3. The highest BCUT2D eigenvalue weighted by molar-refractivity contribution is 6.04. The first-order valence-corrected chi connectivity index (χ1v) is 8.88. The molecule has 140 valence electrons. The minimum atomic E-state index is -0.353. The van der Waals surface area contributed by atoms with E-state index in [0.29, 0.717) is 28.3 Å². The molecule has 1 aromatic carbocycles. The first kappa shape index (κ1) is 18.1. The zero-order valence-electron chi connectivity index (χ0n) is 15.6. The maximum Gasteiger partial charge on any atom is 0.274 e. The van der Waals surface area contributed by atoms with E-state index in [9.17, 15) is 4.79 Å². The lowest BCUT2D eigenvalue weighted by Crippen LogP contribution is -2.14. The SMILES string of the molecule is Cn1cc(NC(=O)c2cccc(-c3cccc(C#N)c3)n2)c(-c2ccccn2)n1. The third-order valence-electron chi connectivity index (χ3n) is 4.25. The van der Waals surface area contributed by atoms with E-state index in [1.807, 2.05) is 24.3 Å². The van der Waals surface area contributed by atoms with Gasteiger partial charge in [-0.25, -0.2) is 4.98 Å². The number of aryl methyl sites for hydroxylation is 1. The Bertz CT molecular complexity index is 1220. The van der Waals surface area contributed by atoms with E-state index in [1.54, 1.807) is 60.5 Å². The molecule has 0 atom stereocenters. The Kier molecular flexibility index (Phi) is 4.82. The molecule has 7 nitrogen and oxygen atoms in total. The van der Waals surface area contributed by atoms with Crippen LogP contribution in [0.1, 0.15) is 16.1 Å². The van der Waals surface area contributed by atoms with Crippen molar-refractivity contribution >= 4 is 11.6 Å². The minimum Gasteiger partial charge on any atom is -0.317 e. The summed E-state index contributed by atoms with van der Waals surface area (Å²) in [6.45, 7) is 0. The molecule has 4 aromatic rings. The number of benzene rings is 1. The van der Waals surface area contributed by atoms with Crippen LogP contribution in [-0.2, 0) is 7.05 Å². The standard InChI is InChI=1S/C22H16N6O/c1-28-14-20(21(27-28)18-8-2-3-11-24-18)26-22(29)19-10-5-9-17(25-19)16-7-4-6-15(12-16)13-23/h2-12,14H,1H3,(H,26,29). The van der Waals surface area contributed by atoms with Crippen LogP contribution >= 0.6 is 0 Å². The molecule has 29 heavy (non-hydrogen) atoms. The number of nitrogens with one attached hydrogen (secondary N) is 1. The quantitative estimate of drug-likeness (QED) is 0.583. The van der Waals surface area contributed by atoms with E-state index in [2.05, 4.69) is 26.5 Å². The van der Waals surface area contributed by atoms with Crippen LogP contribution in [0.5, 0.6) is 0 Å². The number of amides is 1. The number of carbonyl (C=O) groups excluding carboxylic acids is 1. The van der Waals surface area contributed by atoms with Gasteiger partial charge in [-0.15, -0.1) is 0 Å². The van der Waals surface area contributed by atoms with Crippen molar-refractivity contribution in [3.8, 4) is 28.7 Å². The maximum atomic E-state index is 12.8. The second-order valence-electron chi connectivity index (χ2n) is 6.33. The molecule has 1 amide bonds. The van der Waals surface area contributed by atoms with Crippen molar-refractivity contribution in [2.24, 2.45) is 7.05 Å². The fraction of sp³-hybridized carbons (Fsp3) is 0.0455. The molecular weight excluding hydrogens is 364 g/mol. The van der Waals surface area contributed by atoms with Gasteiger partial charge >= 0.3 is 0 Å². The predicted octanol–water partition coefficient (Wildman–Crippen LogP) is 3.67. The Morgan fingerprint density at radius 3 is 2.69 bits per heavy atom. The van der Waals surface area contributed by atoms with Crippen LogP contribution in [-0.4, -0.2) is 25.7 Å². The average molecular weight is 380 g/mol. The molecule has 0 radical (unpaired) electrons. The lowest BCUT2D eigenvalue weighted by atomic mass is 10.1. The van der Waals surface area contributed by atoms with E-state index in [0.717, 1.165) is 5.56 Å². The summed E-state index contributed by atoms with van der Waals surface area (Å²) in [5.41, 5.74) is 3.99. The highest BCUT2D eigenvalue weighted by Gasteiger charge is 2.16. The Labute approximate surface area is 167 Å². The molecule has 1 N–H and O–H groups in total. The van der Waals surface area contributed by atoms with Gasteiger partial charge in [0.15, 0.2) is 0 Å². The number of nitrogens with zero attached hydrogens (tertiary/aromatic N) is 5. The second kappa shape index (κ2) is 7.74. The summed E-state index contributed by atoms with van der Waals surface area (Å²) >= 11 is 0. The summed E-state index contributed by atoms with van der Waals surface area (Å²) in [5, 5.41) is 16.4. The minimum absolute atomic E-state index is 0.265. The first-order chi connectivity index (χ1) is 14.1. The molecule has 0 unspecified atom stereocenters. The van der Waals surface area contributed by atoms with Crippen molar-refractivity contribution in [1.82, 2.24) is 19.7 Å². The molecular formula is C22H16N6O. The lowest BCUT2D eigenvalue weighted by molar-refractivity contribution is 0.102. The summed E-state index contributed by atoms with van der Waals surface area (Å²) in [6.07, 6.45) is 3.40. The first-order valence-electron chi connectivity index (χ1n) is 8.88. The molecule has 0 aliphatic rings. The third-order valence-corrected chi connectivity index (χ3v) is 4.25. The molecule has 4 rings (SSSR count). The monoisotopic (exact) mass is 380 g/mol. The zero-order valence-corrected chi connectivity index (χ0v) is 15.6. The van der Waals surface area contributed by atoms with Gasteiger partial charge < -0.3 is 5.32 Å². The summed E-state index contributed by atoms with van der Waals surface area (Å²) < 4.78 is 1.62. The average Bonchev–Trinajstić information content (AvgIpc) is 3.14. The van der Waals surface area contributed by atoms with Crippen molar-refractivity contribution in [2.45, 2.75) is 0 Å². The fourth-order valence-corrected chi connectivity index (χ4v) is 2.93. The molecule has 3 aromatic heterocycles. The van der Waals surface area contributed by atoms with Crippen molar-refractivity contribution in [2.75, 3.05) is 5.32 Å². The van der Waals surface area contributed by atoms with E-state index < -0.39 is 0 Å². The van der Waals surface area contributed by atoms with Gasteiger partial charge in [0.2, 0.25) is 0 Å². The molecule has 0 saturated carbocycles. The topological polar surface area (TPSA) is 96.5 Å². The highest BCUT2D eigenvalue weighted by Crippen LogP contribution is 2.25. The van der Waals surface area contributed by atoms with Gasteiger partial charge in [0.25, 0.3) is 5.91 Å². The van der Waals surface area contributed by atoms with Crippen LogP contribution in [0.2, 0.25) is 0 Å². The number of hydrogen-bond donors (Lipinski definition) is 1. The van der Waals surface area contributed by atoms with Crippen LogP contribution < -0.4 is 5.32 Å². The molecule has 0 aliphatic carbocycles. The van der Waals surface area contributed by atoms with Crippen LogP contribution in [0.4, 0.5) is 5.69 Å². The number of nitriles is 1. The fourth-order valence-electron chi connectivity index (χ4n) is 2.93. The molecule has 0 bridgehead atoms. The number of aromatic nitrogens is 4. The molecule has 0 spiro atoms. The van der Waals surface area contributed by atoms with Crippen molar-refractivity contribution in [3.63, 3.8) is 0 Å². The van der Waals surface area contributed by atoms with Gasteiger partial charge in [0, 0.05) is 25.0 Å². The van der Waals surface area contributed by atoms with E-state index in [-0.39, 0.29) is 11.6 Å². The Morgan fingerprint density at radius 1 is 1.07 bits per heavy atom. The number of carbonyl (C=O) groups is 1. The van der Waals surface area contributed by atoms with Crippen molar-refractivity contribution in [1.29, 1.82) is 5.26 Å². The molecule has 0 aliphatic heterocycles. The Hall–Kier alpha value is -4.31. The van der Waals surface area contributed by atoms with Gasteiger partial charge in [-0.05, 0) is 36.4 Å². The molecule has 0 saturated heterocycles. The van der Waals surface area contributed by atoms with E-state index in [4.69, 9.17) is 5.26 Å². The van der Waals surface area contributed by atoms with Crippen LogP contribution in [0.3, 0.4) is 0 Å². The van der Waals surface area contributed by atoms with Crippen LogP contribution in [0.25, 0.3) is 22.6 Å². The summed E-state index contributed by atoms with van der Waals surface area (Å²) in [7, 11) is 1.78. The summed E-state index contributed by atoms with van der Waals surface area (Å²) in [4.78, 5) is 21.6. The number of hydrogen-bond acceptors (Lipinski definition) is 5. The number of pyridine rings is 2. The Morgan fingerprint density at radius 2 is 1.90 bits per heavy atom. The van der Waals surface area contributed by atoms with Gasteiger partial charge in [0.1, 0.15) is 11.4 Å². The molecule has 0 fully saturated rings. The van der Waals surface area contributed by atoms with E-state index in [1.165, 1.54) is 0 Å². The number of anilines is 1. The zero-order chi connectivity index (χ0) is 20.2. The molecule has 3 heterocycles. The maximum absolute atomic E-state index is 12.8. The largest absolute Gasteiger partial charge is 0.317 e. The Balaban J connectivity index is 1.63. The highest BCUT2D eigenvalue weighted by atomic mass is 16.1. The van der Waals surface area contributed by atoms with Gasteiger partial charge in [-0.2, -0.15) is 10.4 Å². The summed E-state index contributed by atoms with van der Waals surface area (Å²) in [6, 6.07) is 19.9. The smallest absolute Gasteiger partial charge is 0.274 e. The van der Waals surface area contributed by atoms with Gasteiger partial charge in [-0.3, -0.25) is 14.5 Å². The second-order valence-corrected chi connectivity index (χ2v) is 6.33. The van der Waals surface area contributed by atoms with Gasteiger partial charge in [-0.1, -0.05) is 24.3 Å². The van der Waals surface area contributed by atoms with E-state index >= 15 is 0 Å². The lowest BCUT2D eigenvalue weighted by Gasteiger charge is -2.07. The predicted molar refractivity (Wildman–Crippen MR) is 109 cm³/mol. The van der Waals surface area contributed by atoms with Crippen molar-refractivity contribution < 1.29 is 4.79 Å². The molecule has 7 heteroatoms. The van der Waals surface area contributed by atoms with Crippen LogP contribution in [0.15, 0.2) is 73.1 Å². The van der Waals surface area contributed by atoms with Crippen molar-refractivity contribution in [3.05, 3.63) is 84.3 Å². The van der Waals surface area contributed by atoms with Gasteiger partial charge in [0.05, 0.1) is 28.7 Å². The third kappa shape index (κ3) is 3.87. The summed E-state index contributed by atoms with van der Waals surface area (Å²) in [5.74, 6) is -0.353.